The zero-order chi connectivity index (χ0) is 24.4. The molecule has 2 atom stereocenters. The Hall–Kier alpha value is -1.59. The van der Waals surface area contributed by atoms with Gasteiger partial charge in [0, 0.05) is 0 Å². The van der Waals surface area contributed by atoms with Crippen molar-refractivity contribution in [3.05, 3.63) is 96.1 Å². The molecule has 0 N–H and O–H groups in total. The summed E-state index contributed by atoms with van der Waals surface area (Å²) in [6.45, 7) is 13.3. The van der Waals surface area contributed by atoms with E-state index in [1.54, 1.807) is 12.1 Å². The minimum absolute atomic E-state index is 0.0106. The fourth-order valence-corrected chi connectivity index (χ4v) is 24.9. The molecule has 0 saturated carbocycles. The summed E-state index contributed by atoms with van der Waals surface area (Å²) in [6.07, 6.45) is 1.81. The van der Waals surface area contributed by atoms with Crippen molar-refractivity contribution < 1.29 is 42.3 Å². The molecule has 2 unspecified atom stereocenters. The number of halogens is 5. The van der Waals surface area contributed by atoms with Gasteiger partial charge < -0.3 is 0 Å². The standard InChI is InChI=1S/C15H6F5.C9H13.C2H6Si.Zr/c16-11-10(12(17)14(19)15(20)13(11)18)9-6-5-7-3-1-2-4-8(7)9;1-6-5-7(2)9(4)8(6)3;1-3-2;/h1-6H;6H,1-4H3;1-2H3;. The molecule has 2 aromatic carbocycles. The van der Waals surface area contributed by atoms with Gasteiger partial charge in [-0.1, -0.05) is 0 Å². The second-order valence-electron chi connectivity index (χ2n) is 9.07. The first-order chi connectivity index (χ1) is 15.5. The average molecular weight is 552 g/mol. The van der Waals surface area contributed by atoms with Gasteiger partial charge in [0.1, 0.15) is 0 Å². The number of benzene rings is 2. The van der Waals surface area contributed by atoms with E-state index in [0.717, 1.165) is 5.56 Å². The van der Waals surface area contributed by atoms with Gasteiger partial charge >= 0.3 is 200 Å². The van der Waals surface area contributed by atoms with E-state index in [-0.39, 0.29) is 9.20 Å². The van der Waals surface area contributed by atoms with Crippen LogP contribution in [0.2, 0.25) is 13.1 Å². The first kappa shape index (κ1) is 24.5. The Kier molecular flexibility index (Phi) is 6.60. The first-order valence-corrected chi connectivity index (χ1v) is 19.7. The van der Waals surface area contributed by atoms with Crippen LogP contribution in [0.15, 0.2) is 50.3 Å². The Morgan fingerprint density at radius 1 is 0.788 bits per heavy atom. The summed E-state index contributed by atoms with van der Waals surface area (Å²) < 4.78 is 73.0. The molecule has 0 nitrogen and oxygen atoms in total. The number of allylic oxidation sites excluding steroid dienone is 5. The van der Waals surface area contributed by atoms with Crippen molar-refractivity contribution in [1.82, 2.24) is 0 Å². The first-order valence-electron chi connectivity index (χ1n) is 10.9. The van der Waals surface area contributed by atoms with Crippen LogP contribution in [-0.2, 0) is 20.4 Å². The van der Waals surface area contributed by atoms with Crippen LogP contribution in [-0.4, -0.2) is 5.43 Å². The van der Waals surface area contributed by atoms with Gasteiger partial charge in [-0.15, -0.1) is 0 Å². The zero-order valence-electron chi connectivity index (χ0n) is 19.4. The van der Waals surface area contributed by atoms with Crippen molar-refractivity contribution in [3.8, 4) is 0 Å². The van der Waals surface area contributed by atoms with Crippen molar-refractivity contribution in [2.75, 3.05) is 0 Å². The third kappa shape index (κ3) is 3.70. The summed E-state index contributed by atoms with van der Waals surface area (Å²) in [6, 6.07) is 7.30. The predicted octanol–water partition coefficient (Wildman–Crippen LogP) is 8.00. The van der Waals surface area contributed by atoms with E-state index < -0.39 is 60.5 Å². The molecule has 33 heavy (non-hydrogen) atoms. The summed E-state index contributed by atoms with van der Waals surface area (Å²) >= 11 is -2.47. The molecule has 2 aromatic rings. The van der Waals surface area contributed by atoms with E-state index in [9.17, 15) is 22.0 Å². The van der Waals surface area contributed by atoms with Gasteiger partial charge in [0.2, 0.25) is 0 Å². The SMILES string of the molecule is CC1=C(C)C(C)[C]([Zr]([CH]2C=C(c3c(F)c(F)c(F)c(F)c3F)c3ccccc32)=[Si](C)C)=C1C. The van der Waals surface area contributed by atoms with Crippen molar-refractivity contribution >= 4 is 11.0 Å². The third-order valence-electron chi connectivity index (χ3n) is 7.18. The number of hydrogen-bond acceptors (Lipinski definition) is 0. The van der Waals surface area contributed by atoms with Gasteiger partial charge in [0.05, 0.1) is 0 Å². The number of rotatable bonds is 3. The Morgan fingerprint density at radius 3 is 1.85 bits per heavy atom. The third-order valence-corrected chi connectivity index (χ3v) is 25.7. The Balaban J connectivity index is 1.99. The zero-order valence-corrected chi connectivity index (χ0v) is 22.9. The van der Waals surface area contributed by atoms with E-state index in [1.807, 2.05) is 18.2 Å². The maximum atomic E-state index is 14.8. The summed E-state index contributed by atoms with van der Waals surface area (Å²) in [5, 5.41) is 0. The Bertz CT molecular complexity index is 1300. The van der Waals surface area contributed by atoms with Gasteiger partial charge in [-0.3, -0.25) is 0 Å². The average Bonchev–Trinajstić information content (AvgIpc) is 3.24. The molecular formula is C26H25F5SiZr. The molecule has 0 bridgehead atoms. The van der Waals surface area contributed by atoms with Gasteiger partial charge in [-0.2, -0.15) is 0 Å². The molecule has 0 aromatic heterocycles. The number of hydrogen-bond donors (Lipinski definition) is 0. The van der Waals surface area contributed by atoms with Crippen molar-refractivity contribution in [3.63, 3.8) is 0 Å². The quantitative estimate of drug-likeness (QED) is 0.157. The maximum absolute atomic E-state index is 14.8. The fraction of sp³-hybridized carbons (Fsp3) is 0.308. The summed E-state index contributed by atoms with van der Waals surface area (Å²) in [5.41, 5.74) is 4.06. The van der Waals surface area contributed by atoms with E-state index in [0.29, 0.717) is 11.5 Å². The van der Waals surface area contributed by atoms with Crippen molar-refractivity contribution in [1.29, 1.82) is 0 Å². The normalized spacial score (nSPS) is 19.9. The minimum atomic E-state index is -2.47. The van der Waals surface area contributed by atoms with Crippen LogP contribution in [0.4, 0.5) is 22.0 Å². The fourth-order valence-electron chi connectivity index (χ4n) is 5.20. The predicted molar refractivity (Wildman–Crippen MR) is 120 cm³/mol. The molecule has 0 amide bonds. The molecule has 0 fully saturated rings. The summed E-state index contributed by atoms with van der Waals surface area (Å²) in [7, 11) is 0. The molecule has 0 spiro atoms. The summed E-state index contributed by atoms with van der Waals surface area (Å²) in [5.74, 6) is -9.14. The molecule has 172 valence electrons. The molecular weight excluding hydrogens is 527 g/mol. The molecule has 2 aliphatic rings. The van der Waals surface area contributed by atoms with Crippen molar-refractivity contribution in [2.45, 2.75) is 44.4 Å². The van der Waals surface area contributed by atoms with Gasteiger partial charge in [0.25, 0.3) is 0 Å². The van der Waals surface area contributed by atoms with Crippen molar-refractivity contribution in [2.24, 2.45) is 5.92 Å². The Morgan fingerprint density at radius 2 is 1.33 bits per heavy atom. The molecule has 0 radical (unpaired) electrons. The van der Waals surface area contributed by atoms with Gasteiger partial charge in [-0.05, 0) is 0 Å². The second kappa shape index (κ2) is 8.88. The van der Waals surface area contributed by atoms with Crippen LogP contribution >= 0.6 is 0 Å². The van der Waals surface area contributed by atoms with Crippen LogP contribution in [0.5, 0.6) is 0 Å². The number of fused-ring (bicyclic) bond motifs is 1. The molecule has 4 rings (SSSR count). The van der Waals surface area contributed by atoms with E-state index in [1.165, 1.54) is 20.0 Å². The summed E-state index contributed by atoms with van der Waals surface area (Å²) in [4.78, 5) is 0. The van der Waals surface area contributed by atoms with Crippen LogP contribution < -0.4 is 0 Å². The van der Waals surface area contributed by atoms with Gasteiger partial charge in [0.15, 0.2) is 0 Å². The van der Waals surface area contributed by atoms with E-state index in [4.69, 9.17) is 0 Å². The van der Waals surface area contributed by atoms with Crippen LogP contribution in [0.25, 0.3) is 5.57 Å². The van der Waals surface area contributed by atoms with Crippen LogP contribution in [0, 0.1) is 35.0 Å². The topological polar surface area (TPSA) is 0 Å². The van der Waals surface area contributed by atoms with E-state index in [2.05, 4.69) is 40.8 Å². The van der Waals surface area contributed by atoms with Crippen LogP contribution in [0.3, 0.4) is 0 Å². The Labute approximate surface area is 199 Å². The second-order valence-corrected chi connectivity index (χ2v) is 26.5. The molecule has 0 heterocycles. The molecule has 0 saturated heterocycles. The molecule has 0 aliphatic heterocycles. The molecule has 7 heteroatoms. The molecule has 2 aliphatic carbocycles. The van der Waals surface area contributed by atoms with Crippen LogP contribution in [0.1, 0.15) is 48.0 Å². The van der Waals surface area contributed by atoms with E-state index >= 15 is 0 Å². The monoisotopic (exact) mass is 550 g/mol. The van der Waals surface area contributed by atoms with Gasteiger partial charge in [-0.25, -0.2) is 0 Å².